The fraction of sp³-hybridized carbons (Fsp3) is 0.467. The van der Waals surface area contributed by atoms with Gasteiger partial charge in [-0.15, -0.1) is 13.2 Å². The molecule has 0 radical (unpaired) electrons. The minimum Gasteiger partial charge on any atom is -0.481 e. The molecule has 0 aromatic heterocycles. The lowest BCUT2D eigenvalue weighted by Gasteiger charge is -2.31. The van der Waals surface area contributed by atoms with E-state index in [1.807, 2.05) is 46.8 Å². The summed E-state index contributed by atoms with van der Waals surface area (Å²) in [5.74, 6) is -3.88. The van der Waals surface area contributed by atoms with Crippen LogP contribution in [0.5, 0.6) is 0 Å². The third-order valence-corrected chi connectivity index (χ3v) is 12.5. The van der Waals surface area contributed by atoms with Gasteiger partial charge in [0.05, 0.1) is 35.8 Å². The van der Waals surface area contributed by atoms with E-state index in [0.29, 0.717) is 25.7 Å². The van der Waals surface area contributed by atoms with E-state index in [0.717, 1.165) is 36.8 Å². The van der Waals surface area contributed by atoms with Gasteiger partial charge in [-0.1, -0.05) is 137 Å². The molecule has 2 aliphatic carbocycles. The maximum absolute atomic E-state index is 13.9. The first kappa shape index (κ1) is 55.8. The molecule has 4 atom stereocenters. The molecule has 0 saturated heterocycles. The van der Waals surface area contributed by atoms with Crippen molar-refractivity contribution in [3.05, 3.63) is 167 Å². The van der Waals surface area contributed by atoms with Gasteiger partial charge in [0.2, 0.25) is 5.91 Å². The molecular weight excluding hydrogens is 861 g/mol. The number of ether oxygens (including phenoxy) is 2. The molecule has 69 heavy (non-hydrogen) atoms. The number of rotatable bonds is 15. The van der Waals surface area contributed by atoms with Crippen molar-refractivity contribution in [2.45, 2.75) is 144 Å². The zero-order valence-corrected chi connectivity index (χ0v) is 43.1. The van der Waals surface area contributed by atoms with E-state index in [9.17, 15) is 24.3 Å². The van der Waals surface area contributed by atoms with Crippen LogP contribution in [-0.4, -0.2) is 40.1 Å². The molecule has 4 aromatic carbocycles. The monoisotopic (exact) mass is 941 g/mol. The van der Waals surface area contributed by atoms with Crippen molar-refractivity contribution >= 4 is 23.8 Å². The van der Waals surface area contributed by atoms with Crippen molar-refractivity contribution < 1.29 is 33.8 Å². The Balaban J connectivity index is 0.000000249. The average molecular weight is 941 g/mol. The van der Waals surface area contributed by atoms with Gasteiger partial charge in [0.1, 0.15) is 11.2 Å². The summed E-state index contributed by atoms with van der Waals surface area (Å²) in [4.78, 5) is 50.6. The van der Waals surface area contributed by atoms with Gasteiger partial charge in [-0.3, -0.25) is 19.2 Å². The quantitative estimate of drug-likeness (QED) is 0.0789. The van der Waals surface area contributed by atoms with Gasteiger partial charge in [-0.05, 0) is 149 Å². The van der Waals surface area contributed by atoms with Gasteiger partial charge in [0.15, 0.2) is 0 Å². The minimum absolute atomic E-state index is 0.0369. The summed E-state index contributed by atoms with van der Waals surface area (Å²) in [6, 6.07) is 33.5. The number of hydrogen-bond donors (Lipinski definition) is 3. The Morgan fingerprint density at radius 1 is 0.580 bits per heavy atom. The van der Waals surface area contributed by atoms with Crippen LogP contribution < -0.4 is 11.1 Å². The molecule has 0 heterocycles. The Bertz CT molecular complexity index is 2260. The van der Waals surface area contributed by atoms with Crippen LogP contribution in [0.4, 0.5) is 0 Å². The third-order valence-electron chi connectivity index (χ3n) is 12.5. The summed E-state index contributed by atoms with van der Waals surface area (Å²) in [6.45, 7) is 26.4. The van der Waals surface area contributed by atoms with Crippen LogP contribution in [0.25, 0.3) is 0 Å². The predicted octanol–water partition coefficient (Wildman–Crippen LogP) is 12.3. The average Bonchev–Trinajstić information content (AvgIpc) is 3.53. The lowest BCUT2D eigenvalue weighted by atomic mass is 9.82. The van der Waals surface area contributed by atoms with Gasteiger partial charge in [0, 0.05) is 0 Å². The Kier molecular flexibility index (Phi) is 20.8. The Labute approximate surface area is 413 Å². The van der Waals surface area contributed by atoms with Gasteiger partial charge >= 0.3 is 17.9 Å². The number of carboxylic acid groups (broad SMARTS) is 1. The molecule has 6 rings (SSSR count). The van der Waals surface area contributed by atoms with Crippen LogP contribution in [0.1, 0.15) is 152 Å². The maximum atomic E-state index is 13.9. The highest BCUT2D eigenvalue weighted by Crippen LogP contribution is 2.35. The number of aryl methyl sites for hydroxylation is 4. The first-order valence-corrected chi connectivity index (χ1v) is 24.8. The van der Waals surface area contributed by atoms with Gasteiger partial charge in [0.25, 0.3) is 0 Å². The van der Waals surface area contributed by atoms with Crippen LogP contribution in [-0.2, 0) is 54.3 Å². The number of aliphatic carboxylic acids is 1. The number of amides is 1. The molecule has 0 bridgehead atoms. The van der Waals surface area contributed by atoms with Crippen molar-refractivity contribution in [1.29, 1.82) is 0 Å². The summed E-state index contributed by atoms with van der Waals surface area (Å²) in [7, 11) is 0. The minimum atomic E-state index is -0.952. The first-order chi connectivity index (χ1) is 32.5. The molecule has 1 amide bonds. The zero-order chi connectivity index (χ0) is 51.1. The highest BCUT2D eigenvalue weighted by molar-refractivity contribution is 5.86. The van der Waals surface area contributed by atoms with Crippen LogP contribution in [0.15, 0.2) is 122 Å². The number of nitrogens with two attached hydrogens (primary N) is 1. The first-order valence-electron chi connectivity index (χ1n) is 24.8. The molecule has 0 saturated carbocycles. The molecule has 372 valence electrons. The molecule has 2 aliphatic rings. The highest BCUT2D eigenvalue weighted by atomic mass is 16.6. The molecule has 0 spiro atoms. The summed E-state index contributed by atoms with van der Waals surface area (Å²) in [5, 5.41) is 12.7. The number of carbonyl (C=O) groups excluding carboxylic acids is 3. The van der Waals surface area contributed by atoms with E-state index in [-0.39, 0.29) is 35.8 Å². The van der Waals surface area contributed by atoms with Crippen molar-refractivity contribution in [3.8, 4) is 0 Å². The van der Waals surface area contributed by atoms with E-state index < -0.39 is 46.8 Å². The van der Waals surface area contributed by atoms with Gasteiger partial charge in [-0.2, -0.15) is 0 Å². The number of nitrogens with one attached hydrogen (secondary N) is 1. The topological polar surface area (TPSA) is 145 Å². The third kappa shape index (κ3) is 16.7. The SMILES string of the molecule is C=CC[C@H](C(=O)OC(C)(C)C)[C@@H](CC(C)C)C(=O)NC1c2ccccc2CCc2ccccc21.C=CC[C@H](C(=O)OC(C)(C)C)[C@@H](CC(C)C)C(=O)O.NC1c2ccccc2CCc2ccccc21. The number of carbonyl (C=O) groups is 4. The van der Waals surface area contributed by atoms with Crippen molar-refractivity contribution in [3.63, 3.8) is 0 Å². The molecule has 0 unspecified atom stereocenters. The van der Waals surface area contributed by atoms with Crippen LogP contribution >= 0.6 is 0 Å². The smallest absolute Gasteiger partial charge is 0.310 e. The van der Waals surface area contributed by atoms with Gasteiger partial charge < -0.3 is 25.6 Å². The van der Waals surface area contributed by atoms with E-state index in [1.165, 1.54) is 33.4 Å². The van der Waals surface area contributed by atoms with Gasteiger partial charge in [-0.25, -0.2) is 0 Å². The molecule has 9 nitrogen and oxygen atoms in total. The fourth-order valence-corrected chi connectivity index (χ4v) is 9.37. The number of hydrogen-bond acceptors (Lipinski definition) is 7. The molecule has 0 aliphatic heterocycles. The number of esters is 2. The summed E-state index contributed by atoms with van der Waals surface area (Å²) in [5.41, 5.74) is 15.2. The lowest BCUT2D eigenvalue weighted by molar-refractivity contribution is -0.167. The molecule has 4 aromatic rings. The molecule has 0 fully saturated rings. The van der Waals surface area contributed by atoms with Crippen molar-refractivity contribution in [2.24, 2.45) is 41.2 Å². The summed E-state index contributed by atoms with van der Waals surface area (Å²) < 4.78 is 11.0. The van der Waals surface area contributed by atoms with Crippen molar-refractivity contribution in [2.75, 3.05) is 0 Å². The molecule has 9 heteroatoms. The van der Waals surface area contributed by atoms with Crippen LogP contribution in [0.3, 0.4) is 0 Å². The summed E-state index contributed by atoms with van der Waals surface area (Å²) in [6.07, 6.45) is 9.12. The second-order valence-electron chi connectivity index (χ2n) is 21.4. The summed E-state index contributed by atoms with van der Waals surface area (Å²) >= 11 is 0. The fourth-order valence-electron chi connectivity index (χ4n) is 9.37. The highest BCUT2D eigenvalue weighted by Gasteiger charge is 2.39. The molecule has 4 N–H and O–H groups in total. The molecular formula is C60H80N2O7. The van der Waals surface area contributed by atoms with E-state index in [4.69, 9.17) is 15.2 Å². The van der Waals surface area contributed by atoms with Crippen LogP contribution in [0.2, 0.25) is 0 Å². The normalized spacial score (nSPS) is 15.2. The lowest BCUT2D eigenvalue weighted by Crippen LogP contribution is -2.42. The Morgan fingerprint density at radius 2 is 0.899 bits per heavy atom. The maximum Gasteiger partial charge on any atom is 0.310 e. The Morgan fingerprint density at radius 3 is 1.23 bits per heavy atom. The van der Waals surface area contributed by atoms with E-state index in [2.05, 4.69) is 117 Å². The standard InChI is InChI=1S/C30H39NO3.C15H15N.C15H26O4/c1-7-12-25(29(33)34-30(4,5)6)26(19-20(2)3)28(32)31-27-23-15-10-8-13-21(23)17-18-22-14-9-11-16-24(22)27;16-15-13-7-3-1-5-11(13)9-10-12-6-2-4-8-14(12)15;1-7-8-11(14(18)19-15(4,5)6)12(13(16)17)9-10(2)3/h7-11,13-16,20,25-27H,1,12,17-19H2,2-6H3,(H,31,32);1-8,15H,9-10,16H2;7,10-12H,1,8-9H2,2-6H3,(H,16,17)/t25-,26+;;11-,12+/m0.0/s1. The Hall–Kier alpha value is -5.80. The largest absolute Gasteiger partial charge is 0.481 e. The van der Waals surface area contributed by atoms with Crippen LogP contribution in [0, 0.1) is 35.5 Å². The van der Waals surface area contributed by atoms with Crippen molar-refractivity contribution in [1.82, 2.24) is 5.32 Å². The van der Waals surface area contributed by atoms with E-state index in [1.54, 1.807) is 32.9 Å². The number of fused-ring (bicyclic) bond motifs is 4. The predicted molar refractivity (Wildman–Crippen MR) is 278 cm³/mol. The van der Waals surface area contributed by atoms with E-state index >= 15 is 0 Å². The second-order valence-corrected chi connectivity index (χ2v) is 21.4. The number of carboxylic acids is 1. The zero-order valence-electron chi connectivity index (χ0n) is 43.1. The number of allylic oxidation sites excluding steroid dienone is 2. The number of benzene rings is 4. The second kappa shape index (κ2) is 25.7.